The van der Waals surface area contributed by atoms with Gasteiger partial charge in [-0.3, -0.25) is 4.98 Å². The Balaban J connectivity index is 1.94. The highest BCUT2D eigenvalue weighted by Gasteiger charge is 2.27. The van der Waals surface area contributed by atoms with Crippen molar-refractivity contribution < 1.29 is 13.2 Å². The highest BCUT2D eigenvalue weighted by Crippen LogP contribution is 2.36. The summed E-state index contributed by atoms with van der Waals surface area (Å²) < 4.78 is 33.4. The van der Waals surface area contributed by atoms with Crippen molar-refractivity contribution in [1.82, 2.24) is 9.71 Å². The molecule has 22 heavy (non-hydrogen) atoms. The van der Waals surface area contributed by atoms with Gasteiger partial charge in [0.05, 0.1) is 6.61 Å². The minimum absolute atomic E-state index is 0.0911. The highest BCUT2D eigenvalue weighted by atomic mass is 35.5. The zero-order valence-electron chi connectivity index (χ0n) is 11.9. The number of sulfonamides is 1. The Kier molecular flexibility index (Phi) is 4.08. The normalized spacial score (nSPS) is 15.2. The van der Waals surface area contributed by atoms with E-state index in [1.54, 1.807) is 37.5 Å². The van der Waals surface area contributed by atoms with Crippen molar-refractivity contribution >= 4 is 21.6 Å². The van der Waals surface area contributed by atoms with Crippen molar-refractivity contribution in [2.75, 3.05) is 6.61 Å². The molecule has 1 atom stereocenters. The van der Waals surface area contributed by atoms with Crippen LogP contribution in [0.3, 0.4) is 0 Å². The van der Waals surface area contributed by atoms with E-state index in [1.807, 2.05) is 0 Å². The molecule has 5 nitrogen and oxygen atoms in total. The third-order valence-electron chi connectivity index (χ3n) is 3.54. The number of aromatic nitrogens is 1. The van der Waals surface area contributed by atoms with Gasteiger partial charge in [0.15, 0.2) is 0 Å². The molecule has 1 aliphatic rings. The summed E-state index contributed by atoms with van der Waals surface area (Å²) in [5.74, 6) is 0.402. The lowest BCUT2D eigenvalue weighted by Gasteiger charge is -2.16. The zero-order valence-corrected chi connectivity index (χ0v) is 13.5. The van der Waals surface area contributed by atoms with Gasteiger partial charge in [0.25, 0.3) is 0 Å². The summed E-state index contributed by atoms with van der Waals surface area (Å²) in [6, 6.07) is 6.32. The molecule has 1 unspecified atom stereocenters. The van der Waals surface area contributed by atoms with E-state index < -0.39 is 10.0 Å². The van der Waals surface area contributed by atoms with Crippen LogP contribution in [-0.4, -0.2) is 20.0 Å². The third-order valence-corrected chi connectivity index (χ3v) is 5.31. The molecule has 0 bridgehead atoms. The summed E-state index contributed by atoms with van der Waals surface area (Å²) in [6.07, 6.45) is 3.92. The summed E-state index contributed by atoms with van der Waals surface area (Å²) in [5.41, 5.74) is 1.66. The van der Waals surface area contributed by atoms with Gasteiger partial charge in [-0.1, -0.05) is 11.6 Å². The molecule has 2 heterocycles. The summed E-state index contributed by atoms with van der Waals surface area (Å²) >= 11 is 6.03. The fraction of sp³-hybridized carbons (Fsp3) is 0.267. The van der Waals surface area contributed by atoms with Gasteiger partial charge in [-0.15, -0.1) is 0 Å². The number of pyridine rings is 1. The van der Waals surface area contributed by atoms with Crippen LogP contribution in [0.1, 0.15) is 24.1 Å². The zero-order chi connectivity index (χ0) is 15.7. The number of rotatable bonds is 4. The second kappa shape index (κ2) is 5.87. The van der Waals surface area contributed by atoms with Crippen molar-refractivity contribution in [2.24, 2.45) is 0 Å². The number of hydrogen-bond donors (Lipinski definition) is 1. The van der Waals surface area contributed by atoms with E-state index in [0.29, 0.717) is 23.8 Å². The topological polar surface area (TPSA) is 68.3 Å². The summed E-state index contributed by atoms with van der Waals surface area (Å²) in [5, 5.41) is 0.390. The van der Waals surface area contributed by atoms with Crippen molar-refractivity contribution in [3.05, 3.63) is 52.8 Å². The molecule has 116 valence electrons. The Bertz CT molecular complexity index is 794. The average molecular weight is 339 g/mol. The Morgan fingerprint density at radius 3 is 2.77 bits per heavy atom. The smallest absolute Gasteiger partial charge is 0.244 e. The first-order valence-electron chi connectivity index (χ1n) is 6.85. The largest absolute Gasteiger partial charge is 0.492 e. The van der Waals surface area contributed by atoms with Gasteiger partial charge < -0.3 is 4.74 Å². The maximum atomic E-state index is 12.7. The molecular formula is C15H15ClN2O3S. The van der Waals surface area contributed by atoms with Crippen LogP contribution >= 0.6 is 11.6 Å². The van der Waals surface area contributed by atoms with Crippen LogP contribution in [0, 0.1) is 0 Å². The molecule has 0 amide bonds. The second-order valence-electron chi connectivity index (χ2n) is 5.11. The van der Waals surface area contributed by atoms with Crippen LogP contribution in [0.15, 0.2) is 41.6 Å². The Morgan fingerprint density at radius 2 is 2.05 bits per heavy atom. The van der Waals surface area contributed by atoms with E-state index in [-0.39, 0.29) is 10.9 Å². The van der Waals surface area contributed by atoms with Crippen LogP contribution in [0.25, 0.3) is 0 Å². The van der Waals surface area contributed by atoms with Gasteiger partial charge in [-0.25, -0.2) is 13.1 Å². The lowest BCUT2D eigenvalue weighted by molar-refractivity contribution is 0.348. The number of nitrogens with one attached hydrogen (secondary N) is 1. The highest BCUT2D eigenvalue weighted by molar-refractivity contribution is 7.89. The van der Waals surface area contributed by atoms with Crippen LogP contribution in [0.4, 0.5) is 0 Å². The van der Waals surface area contributed by atoms with Gasteiger partial charge in [0, 0.05) is 35.4 Å². The molecule has 2 aromatic rings. The van der Waals surface area contributed by atoms with Crippen LogP contribution < -0.4 is 9.46 Å². The van der Waals surface area contributed by atoms with Crippen molar-refractivity contribution in [1.29, 1.82) is 0 Å². The minimum Gasteiger partial charge on any atom is -0.492 e. The van der Waals surface area contributed by atoms with Crippen molar-refractivity contribution in [3.63, 3.8) is 0 Å². The Labute approximate surface area is 134 Å². The quantitative estimate of drug-likeness (QED) is 0.930. The third kappa shape index (κ3) is 2.95. The van der Waals surface area contributed by atoms with Gasteiger partial charge in [-0.05, 0) is 36.8 Å². The Morgan fingerprint density at radius 1 is 1.32 bits per heavy atom. The SMILES string of the molecule is CC(NS(=O)(=O)c1cc(Cl)cc2c1OCC2)c1ccncc1. The predicted molar refractivity (Wildman–Crippen MR) is 83.6 cm³/mol. The first kappa shape index (κ1) is 15.3. The van der Waals surface area contributed by atoms with Crippen LogP contribution in [0.5, 0.6) is 5.75 Å². The molecule has 1 aliphatic heterocycles. The fourth-order valence-corrected chi connectivity index (χ4v) is 4.20. The van der Waals surface area contributed by atoms with E-state index in [2.05, 4.69) is 9.71 Å². The predicted octanol–water partition coefficient (Wildman–Crippen LogP) is 2.71. The molecule has 0 radical (unpaired) electrons. The van der Waals surface area contributed by atoms with Crippen LogP contribution in [0.2, 0.25) is 5.02 Å². The number of halogens is 1. The van der Waals surface area contributed by atoms with E-state index in [0.717, 1.165) is 11.1 Å². The number of nitrogens with zero attached hydrogens (tertiary/aromatic N) is 1. The fourth-order valence-electron chi connectivity index (χ4n) is 2.45. The molecule has 0 fully saturated rings. The summed E-state index contributed by atoms with van der Waals surface area (Å²) in [4.78, 5) is 4.02. The summed E-state index contributed by atoms with van der Waals surface area (Å²) in [6.45, 7) is 2.25. The molecule has 1 aromatic heterocycles. The van der Waals surface area contributed by atoms with Gasteiger partial charge in [-0.2, -0.15) is 0 Å². The lowest BCUT2D eigenvalue weighted by Crippen LogP contribution is -2.27. The first-order chi connectivity index (χ1) is 10.5. The van der Waals surface area contributed by atoms with Gasteiger partial charge in [0.1, 0.15) is 10.6 Å². The molecule has 1 aromatic carbocycles. The summed E-state index contributed by atoms with van der Waals surface area (Å²) in [7, 11) is -3.74. The van der Waals surface area contributed by atoms with E-state index in [4.69, 9.17) is 16.3 Å². The number of benzene rings is 1. The monoisotopic (exact) mass is 338 g/mol. The van der Waals surface area contributed by atoms with Crippen molar-refractivity contribution in [2.45, 2.75) is 24.3 Å². The van der Waals surface area contributed by atoms with Gasteiger partial charge in [0.2, 0.25) is 10.0 Å². The minimum atomic E-state index is -3.74. The number of hydrogen-bond acceptors (Lipinski definition) is 4. The van der Waals surface area contributed by atoms with E-state index in [1.165, 1.54) is 6.07 Å². The number of fused-ring (bicyclic) bond motifs is 1. The van der Waals surface area contributed by atoms with Crippen LogP contribution in [-0.2, 0) is 16.4 Å². The molecule has 0 aliphatic carbocycles. The first-order valence-corrected chi connectivity index (χ1v) is 8.71. The van der Waals surface area contributed by atoms with Gasteiger partial charge >= 0.3 is 0 Å². The molecule has 0 spiro atoms. The molecule has 0 saturated heterocycles. The second-order valence-corrected chi connectivity index (χ2v) is 7.23. The van der Waals surface area contributed by atoms with E-state index in [9.17, 15) is 8.42 Å². The molecule has 1 N–H and O–H groups in total. The molecular weight excluding hydrogens is 324 g/mol. The maximum Gasteiger partial charge on any atom is 0.244 e. The molecule has 3 rings (SSSR count). The van der Waals surface area contributed by atoms with E-state index >= 15 is 0 Å². The van der Waals surface area contributed by atoms with Crippen molar-refractivity contribution in [3.8, 4) is 5.75 Å². The maximum absolute atomic E-state index is 12.7. The standard InChI is InChI=1S/C15H15ClN2O3S/c1-10(11-2-5-17-6-3-11)18-22(19,20)14-9-13(16)8-12-4-7-21-15(12)14/h2-3,5-6,8-10,18H,4,7H2,1H3. The average Bonchev–Trinajstić information content (AvgIpc) is 2.94. The molecule has 7 heteroatoms. The molecule has 0 saturated carbocycles. The number of ether oxygens (including phenoxy) is 1. The Hall–Kier alpha value is -1.63. The lowest BCUT2D eigenvalue weighted by atomic mass is 10.1.